The Hall–Kier alpha value is -1.03. The lowest BCUT2D eigenvalue weighted by Crippen LogP contribution is -2.43. The van der Waals surface area contributed by atoms with Crippen LogP contribution < -0.4 is 15.4 Å². The topological polar surface area (TPSA) is 79.8 Å². The third kappa shape index (κ3) is 12.0. The number of rotatable bonds is 9. The number of halogens is 1. The number of nitrogens with zero attached hydrogens (tertiary/aromatic N) is 1. The molecule has 0 bridgehead atoms. The molecule has 2 N–H and O–H groups in total. The summed E-state index contributed by atoms with van der Waals surface area (Å²) in [7, 11) is -2.94. The average molecular weight is 483 g/mol. The second kappa shape index (κ2) is 12.3. The molecule has 0 spiro atoms. The van der Waals surface area contributed by atoms with Crippen LogP contribution in [0.3, 0.4) is 0 Å². The maximum absolute atomic E-state index is 11.2. The van der Waals surface area contributed by atoms with Crippen LogP contribution >= 0.6 is 24.0 Å². The molecule has 144 valence electrons. The molecule has 6 nitrogen and oxygen atoms in total. The molecule has 0 amide bonds. The van der Waals surface area contributed by atoms with Crippen LogP contribution in [0.5, 0.6) is 5.75 Å². The SMILES string of the molecule is CCNC(=NCCOc1ccc(C)cc1)NC(C)CCS(C)(=O)=O.I. The highest BCUT2D eigenvalue weighted by Crippen LogP contribution is 2.10. The zero-order valence-electron chi connectivity index (χ0n) is 15.4. The Labute approximate surface area is 168 Å². The highest BCUT2D eigenvalue weighted by atomic mass is 127. The fourth-order valence-electron chi connectivity index (χ4n) is 1.97. The molecule has 1 atom stereocenters. The van der Waals surface area contributed by atoms with Gasteiger partial charge in [-0.3, -0.25) is 0 Å². The molecular weight excluding hydrogens is 453 g/mol. The molecule has 1 aromatic rings. The minimum Gasteiger partial charge on any atom is -0.492 e. The van der Waals surface area contributed by atoms with E-state index in [1.807, 2.05) is 45.0 Å². The van der Waals surface area contributed by atoms with Crippen molar-refractivity contribution in [3.63, 3.8) is 0 Å². The Balaban J connectivity index is 0.00000576. The molecule has 1 unspecified atom stereocenters. The molecule has 0 radical (unpaired) electrons. The summed E-state index contributed by atoms with van der Waals surface area (Å²) in [5.41, 5.74) is 1.20. The van der Waals surface area contributed by atoms with Crippen molar-refractivity contribution in [3.05, 3.63) is 29.8 Å². The van der Waals surface area contributed by atoms with Crippen molar-refractivity contribution in [3.8, 4) is 5.75 Å². The molecule has 0 saturated heterocycles. The van der Waals surface area contributed by atoms with Crippen molar-refractivity contribution in [1.82, 2.24) is 10.6 Å². The Bertz CT molecular complexity index is 619. The molecule has 0 heterocycles. The fraction of sp³-hybridized carbons (Fsp3) is 0.588. The summed E-state index contributed by atoms with van der Waals surface area (Å²) in [4.78, 5) is 4.45. The van der Waals surface area contributed by atoms with Crippen LogP contribution in [0, 0.1) is 6.92 Å². The van der Waals surface area contributed by atoms with Crippen molar-refractivity contribution in [2.45, 2.75) is 33.2 Å². The molecule has 1 aromatic carbocycles. The van der Waals surface area contributed by atoms with E-state index in [0.29, 0.717) is 25.5 Å². The van der Waals surface area contributed by atoms with Gasteiger partial charge in [0.25, 0.3) is 0 Å². The van der Waals surface area contributed by atoms with E-state index in [-0.39, 0.29) is 35.8 Å². The van der Waals surface area contributed by atoms with Crippen LogP contribution in [0.25, 0.3) is 0 Å². The average Bonchev–Trinajstić information content (AvgIpc) is 2.51. The second-order valence-electron chi connectivity index (χ2n) is 5.89. The predicted octanol–water partition coefficient (Wildman–Crippen LogP) is 2.37. The van der Waals surface area contributed by atoms with E-state index in [9.17, 15) is 8.42 Å². The standard InChI is InChI=1S/C17H29N3O3S.HI/c1-5-18-17(20-15(3)10-13-24(4,21)22)19-11-12-23-16-8-6-14(2)7-9-16;/h6-9,15H,5,10-13H2,1-4H3,(H2,18,19,20);1H. The number of hydrogen-bond donors (Lipinski definition) is 2. The van der Waals surface area contributed by atoms with Gasteiger partial charge in [-0.25, -0.2) is 13.4 Å². The first kappa shape index (κ1) is 24.0. The summed E-state index contributed by atoms with van der Waals surface area (Å²) in [6.07, 6.45) is 1.80. The zero-order chi connectivity index (χ0) is 18.0. The Kier molecular flexibility index (Phi) is 11.8. The van der Waals surface area contributed by atoms with E-state index in [1.54, 1.807) is 0 Å². The van der Waals surface area contributed by atoms with Gasteiger partial charge < -0.3 is 15.4 Å². The number of nitrogens with one attached hydrogen (secondary N) is 2. The smallest absolute Gasteiger partial charge is 0.191 e. The normalized spacial score (nSPS) is 12.9. The third-order valence-corrected chi connectivity index (χ3v) is 4.28. The summed E-state index contributed by atoms with van der Waals surface area (Å²) < 4.78 is 28.1. The number of aryl methyl sites for hydroxylation is 1. The van der Waals surface area contributed by atoms with Gasteiger partial charge in [0, 0.05) is 18.8 Å². The molecule has 0 aliphatic heterocycles. The minimum atomic E-state index is -2.94. The lowest BCUT2D eigenvalue weighted by Gasteiger charge is -2.17. The van der Waals surface area contributed by atoms with Crippen molar-refractivity contribution in [1.29, 1.82) is 0 Å². The van der Waals surface area contributed by atoms with Gasteiger partial charge in [-0.15, -0.1) is 24.0 Å². The van der Waals surface area contributed by atoms with E-state index >= 15 is 0 Å². The molecule has 8 heteroatoms. The summed E-state index contributed by atoms with van der Waals surface area (Å²) in [5, 5.41) is 6.37. The Morgan fingerprint density at radius 1 is 1.28 bits per heavy atom. The highest BCUT2D eigenvalue weighted by molar-refractivity contribution is 14.0. The first-order valence-corrected chi connectivity index (χ1v) is 10.3. The van der Waals surface area contributed by atoms with Crippen molar-refractivity contribution >= 4 is 39.8 Å². The summed E-state index contributed by atoms with van der Waals surface area (Å²) in [6.45, 7) is 7.71. The Morgan fingerprint density at radius 2 is 1.92 bits per heavy atom. The molecule has 0 saturated carbocycles. The van der Waals surface area contributed by atoms with E-state index in [0.717, 1.165) is 12.3 Å². The predicted molar refractivity (Wildman–Crippen MR) is 115 cm³/mol. The van der Waals surface area contributed by atoms with E-state index in [4.69, 9.17) is 4.74 Å². The van der Waals surface area contributed by atoms with Crippen molar-refractivity contribution in [2.24, 2.45) is 4.99 Å². The van der Waals surface area contributed by atoms with Gasteiger partial charge in [-0.1, -0.05) is 17.7 Å². The second-order valence-corrected chi connectivity index (χ2v) is 8.15. The number of aliphatic imine (C=N–C) groups is 1. The quantitative estimate of drug-likeness (QED) is 0.244. The van der Waals surface area contributed by atoms with E-state index in [2.05, 4.69) is 15.6 Å². The van der Waals surface area contributed by atoms with E-state index < -0.39 is 9.84 Å². The van der Waals surface area contributed by atoms with Gasteiger partial charge in [0.05, 0.1) is 12.3 Å². The number of sulfone groups is 1. The number of ether oxygens (including phenoxy) is 1. The van der Waals surface area contributed by atoms with Crippen molar-refractivity contribution < 1.29 is 13.2 Å². The van der Waals surface area contributed by atoms with Gasteiger partial charge in [-0.05, 0) is 39.3 Å². The lowest BCUT2D eigenvalue weighted by atomic mass is 10.2. The number of benzene rings is 1. The molecule has 25 heavy (non-hydrogen) atoms. The first-order chi connectivity index (χ1) is 11.3. The third-order valence-electron chi connectivity index (χ3n) is 3.30. The zero-order valence-corrected chi connectivity index (χ0v) is 18.6. The first-order valence-electron chi connectivity index (χ1n) is 8.22. The molecule has 0 aromatic heterocycles. The molecule has 0 aliphatic rings. The van der Waals surface area contributed by atoms with Crippen LogP contribution in [-0.4, -0.2) is 52.1 Å². The van der Waals surface area contributed by atoms with Gasteiger partial charge in [-0.2, -0.15) is 0 Å². The van der Waals surface area contributed by atoms with Crippen LogP contribution in [-0.2, 0) is 9.84 Å². The Morgan fingerprint density at radius 3 is 2.48 bits per heavy atom. The number of hydrogen-bond acceptors (Lipinski definition) is 4. The molecular formula is C17H30IN3O3S. The molecule has 0 aliphatic carbocycles. The summed E-state index contributed by atoms with van der Waals surface area (Å²) in [5.74, 6) is 1.66. The van der Waals surface area contributed by atoms with Gasteiger partial charge >= 0.3 is 0 Å². The van der Waals surface area contributed by atoms with Crippen LogP contribution in [0.4, 0.5) is 0 Å². The van der Waals surface area contributed by atoms with Crippen LogP contribution in [0.2, 0.25) is 0 Å². The monoisotopic (exact) mass is 483 g/mol. The summed E-state index contributed by atoms with van der Waals surface area (Å²) >= 11 is 0. The minimum absolute atomic E-state index is 0. The van der Waals surface area contributed by atoms with Gasteiger partial charge in [0.1, 0.15) is 22.2 Å². The maximum Gasteiger partial charge on any atom is 0.191 e. The van der Waals surface area contributed by atoms with Crippen LogP contribution in [0.1, 0.15) is 25.8 Å². The lowest BCUT2D eigenvalue weighted by molar-refractivity contribution is 0.328. The fourth-order valence-corrected chi connectivity index (χ4v) is 2.75. The maximum atomic E-state index is 11.2. The van der Waals surface area contributed by atoms with Crippen molar-refractivity contribution in [2.75, 3.05) is 31.7 Å². The largest absolute Gasteiger partial charge is 0.492 e. The van der Waals surface area contributed by atoms with Crippen LogP contribution in [0.15, 0.2) is 29.3 Å². The molecule has 1 rings (SSSR count). The summed E-state index contributed by atoms with van der Waals surface area (Å²) in [6, 6.07) is 7.92. The highest BCUT2D eigenvalue weighted by Gasteiger charge is 2.09. The van der Waals surface area contributed by atoms with Gasteiger partial charge in [0.15, 0.2) is 5.96 Å². The number of guanidine groups is 1. The van der Waals surface area contributed by atoms with Gasteiger partial charge in [0.2, 0.25) is 0 Å². The van der Waals surface area contributed by atoms with E-state index in [1.165, 1.54) is 11.8 Å². The molecule has 0 fully saturated rings.